The zero-order valence-electron chi connectivity index (χ0n) is 9.31. The summed E-state index contributed by atoms with van der Waals surface area (Å²) >= 11 is 4.90. The molecule has 0 atom stereocenters. The van der Waals surface area contributed by atoms with Gasteiger partial charge in [0.1, 0.15) is 10.8 Å². The summed E-state index contributed by atoms with van der Waals surface area (Å²) in [5.74, 6) is 0.856. The standard InChI is InChI=1S/C12H12BrNO2S/c1-2-16-9-5-3-8(4-6-9)12-14-10(7-15)11(13)17-12/h3-6,15H,2,7H2,1H3. The summed E-state index contributed by atoms with van der Waals surface area (Å²) in [6, 6.07) is 7.79. The Morgan fingerprint density at radius 3 is 2.59 bits per heavy atom. The monoisotopic (exact) mass is 313 g/mol. The Balaban J connectivity index is 2.26. The zero-order chi connectivity index (χ0) is 12.3. The first-order valence-electron chi connectivity index (χ1n) is 5.24. The molecule has 0 aliphatic rings. The van der Waals surface area contributed by atoms with Crippen LogP contribution in [-0.2, 0) is 6.61 Å². The van der Waals surface area contributed by atoms with Gasteiger partial charge in [0.05, 0.1) is 22.7 Å². The first-order chi connectivity index (χ1) is 8.24. The van der Waals surface area contributed by atoms with E-state index in [-0.39, 0.29) is 6.61 Å². The third-order valence-electron chi connectivity index (χ3n) is 2.21. The summed E-state index contributed by atoms with van der Waals surface area (Å²) in [5, 5.41) is 9.98. The molecule has 90 valence electrons. The van der Waals surface area contributed by atoms with E-state index >= 15 is 0 Å². The van der Waals surface area contributed by atoms with Crippen LogP contribution in [0.25, 0.3) is 10.6 Å². The van der Waals surface area contributed by atoms with Gasteiger partial charge in [-0.2, -0.15) is 0 Å². The van der Waals surface area contributed by atoms with Crippen molar-refractivity contribution in [1.29, 1.82) is 0 Å². The van der Waals surface area contributed by atoms with Crippen LogP contribution in [0.15, 0.2) is 28.1 Å². The molecule has 17 heavy (non-hydrogen) atoms. The number of ether oxygens (including phenoxy) is 1. The molecule has 2 aromatic rings. The number of benzene rings is 1. The Hall–Kier alpha value is -0.910. The van der Waals surface area contributed by atoms with E-state index in [1.54, 1.807) is 0 Å². The van der Waals surface area contributed by atoms with Gasteiger partial charge in [-0.3, -0.25) is 0 Å². The lowest BCUT2D eigenvalue weighted by Crippen LogP contribution is -1.90. The molecule has 0 bridgehead atoms. The van der Waals surface area contributed by atoms with Crippen LogP contribution in [-0.4, -0.2) is 16.7 Å². The van der Waals surface area contributed by atoms with Crippen LogP contribution in [0, 0.1) is 0 Å². The number of aliphatic hydroxyl groups excluding tert-OH is 1. The molecule has 0 saturated carbocycles. The summed E-state index contributed by atoms with van der Waals surface area (Å²) in [4.78, 5) is 4.36. The molecule has 0 radical (unpaired) electrons. The number of thiazole rings is 1. The van der Waals surface area contributed by atoms with Gasteiger partial charge in [0.25, 0.3) is 0 Å². The second-order valence-electron chi connectivity index (χ2n) is 3.35. The number of hydrogen-bond acceptors (Lipinski definition) is 4. The van der Waals surface area contributed by atoms with Crippen LogP contribution in [0.1, 0.15) is 12.6 Å². The van der Waals surface area contributed by atoms with Crippen molar-refractivity contribution >= 4 is 27.3 Å². The van der Waals surface area contributed by atoms with Crippen molar-refractivity contribution in [2.45, 2.75) is 13.5 Å². The van der Waals surface area contributed by atoms with Crippen molar-refractivity contribution in [3.05, 3.63) is 33.7 Å². The predicted molar refractivity (Wildman–Crippen MR) is 72.3 cm³/mol. The SMILES string of the molecule is CCOc1ccc(-c2nc(CO)c(Br)s2)cc1. The number of nitrogens with zero attached hydrogens (tertiary/aromatic N) is 1. The van der Waals surface area contributed by atoms with Crippen LogP contribution < -0.4 is 4.74 Å². The summed E-state index contributed by atoms with van der Waals surface area (Å²) in [5.41, 5.74) is 1.71. The van der Waals surface area contributed by atoms with E-state index in [1.807, 2.05) is 31.2 Å². The topological polar surface area (TPSA) is 42.4 Å². The second-order valence-corrected chi connectivity index (χ2v) is 5.67. The summed E-state index contributed by atoms with van der Waals surface area (Å²) in [6.07, 6.45) is 0. The van der Waals surface area contributed by atoms with Crippen molar-refractivity contribution < 1.29 is 9.84 Å². The molecular formula is C12H12BrNO2S. The molecule has 3 nitrogen and oxygen atoms in total. The molecule has 1 N–H and O–H groups in total. The lowest BCUT2D eigenvalue weighted by molar-refractivity contribution is 0.277. The molecule has 0 fully saturated rings. The van der Waals surface area contributed by atoms with Gasteiger partial charge in [0, 0.05) is 5.56 Å². The van der Waals surface area contributed by atoms with Gasteiger partial charge in [-0.05, 0) is 47.1 Å². The largest absolute Gasteiger partial charge is 0.494 e. The maximum Gasteiger partial charge on any atom is 0.124 e. The van der Waals surface area contributed by atoms with Gasteiger partial charge in [0.2, 0.25) is 0 Å². The number of aromatic nitrogens is 1. The summed E-state index contributed by atoms with van der Waals surface area (Å²) in [6.45, 7) is 2.57. The molecule has 0 unspecified atom stereocenters. The molecule has 0 saturated heterocycles. The quantitative estimate of drug-likeness (QED) is 0.940. The van der Waals surface area contributed by atoms with Gasteiger partial charge in [-0.15, -0.1) is 11.3 Å². The Labute approximate surface area is 112 Å². The molecule has 1 heterocycles. The Morgan fingerprint density at radius 2 is 2.06 bits per heavy atom. The average Bonchev–Trinajstić information content (AvgIpc) is 2.72. The van der Waals surface area contributed by atoms with Crippen molar-refractivity contribution in [3.63, 3.8) is 0 Å². The summed E-state index contributed by atoms with van der Waals surface area (Å²) in [7, 11) is 0. The zero-order valence-corrected chi connectivity index (χ0v) is 11.7. The minimum absolute atomic E-state index is 0.0475. The number of halogens is 1. The first-order valence-corrected chi connectivity index (χ1v) is 6.84. The minimum Gasteiger partial charge on any atom is -0.494 e. The maximum absolute atomic E-state index is 9.09. The van der Waals surface area contributed by atoms with Gasteiger partial charge < -0.3 is 9.84 Å². The third-order valence-corrected chi connectivity index (χ3v) is 4.09. The molecule has 0 aliphatic carbocycles. The lowest BCUT2D eigenvalue weighted by Gasteiger charge is -2.02. The fourth-order valence-corrected chi connectivity index (χ4v) is 2.90. The van der Waals surface area contributed by atoms with E-state index in [1.165, 1.54) is 11.3 Å². The van der Waals surface area contributed by atoms with Crippen LogP contribution >= 0.6 is 27.3 Å². The van der Waals surface area contributed by atoms with Crippen LogP contribution in [0.5, 0.6) is 5.75 Å². The summed E-state index contributed by atoms with van der Waals surface area (Å²) < 4.78 is 6.26. The van der Waals surface area contributed by atoms with Gasteiger partial charge in [-0.1, -0.05) is 0 Å². The predicted octanol–water partition coefficient (Wildman–Crippen LogP) is 3.46. The molecular weight excluding hydrogens is 302 g/mol. The van der Waals surface area contributed by atoms with Crippen molar-refractivity contribution in [3.8, 4) is 16.3 Å². The smallest absolute Gasteiger partial charge is 0.124 e. The highest BCUT2D eigenvalue weighted by atomic mass is 79.9. The highest BCUT2D eigenvalue weighted by Crippen LogP contribution is 2.32. The Morgan fingerprint density at radius 1 is 1.35 bits per heavy atom. The van der Waals surface area contributed by atoms with E-state index in [0.717, 1.165) is 20.1 Å². The first kappa shape index (κ1) is 12.5. The highest BCUT2D eigenvalue weighted by Gasteiger charge is 2.09. The van der Waals surface area contributed by atoms with E-state index in [4.69, 9.17) is 9.84 Å². The maximum atomic E-state index is 9.09. The number of rotatable bonds is 4. The van der Waals surface area contributed by atoms with Crippen molar-refractivity contribution in [2.24, 2.45) is 0 Å². The van der Waals surface area contributed by atoms with E-state index in [9.17, 15) is 0 Å². The third kappa shape index (κ3) is 2.86. The normalized spacial score (nSPS) is 10.5. The fraction of sp³-hybridized carbons (Fsp3) is 0.250. The highest BCUT2D eigenvalue weighted by molar-refractivity contribution is 9.11. The van der Waals surface area contributed by atoms with Gasteiger partial charge in [0.15, 0.2) is 0 Å². The Kier molecular flexibility index (Phi) is 4.15. The van der Waals surface area contributed by atoms with Gasteiger partial charge in [-0.25, -0.2) is 4.98 Å². The number of hydrogen-bond donors (Lipinski definition) is 1. The second kappa shape index (κ2) is 5.62. The minimum atomic E-state index is -0.0475. The lowest BCUT2D eigenvalue weighted by atomic mass is 10.2. The van der Waals surface area contributed by atoms with E-state index in [0.29, 0.717) is 12.3 Å². The van der Waals surface area contributed by atoms with E-state index in [2.05, 4.69) is 20.9 Å². The van der Waals surface area contributed by atoms with Crippen LogP contribution in [0.3, 0.4) is 0 Å². The number of aliphatic hydroxyl groups is 1. The van der Waals surface area contributed by atoms with Crippen LogP contribution in [0.2, 0.25) is 0 Å². The molecule has 1 aromatic carbocycles. The van der Waals surface area contributed by atoms with Gasteiger partial charge >= 0.3 is 0 Å². The van der Waals surface area contributed by atoms with Crippen molar-refractivity contribution in [2.75, 3.05) is 6.61 Å². The van der Waals surface area contributed by atoms with Crippen LogP contribution in [0.4, 0.5) is 0 Å². The molecule has 0 amide bonds. The van der Waals surface area contributed by atoms with Crippen molar-refractivity contribution in [1.82, 2.24) is 4.98 Å². The van der Waals surface area contributed by atoms with E-state index < -0.39 is 0 Å². The average molecular weight is 314 g/mol. The Bertz CT molecular complexity index is 496. The molecule has 2 rings (SSSR count). The molecule has 1 aromatic heterocycles. The molecule has 5 heteroatoms. The fourth-order valence-electron chi connectivity index (χ4n) is 1.41. The molecule has 0 spiro atoms. The molecule has 0 aliphatic heterocycles.